The standard InChI is InChI=1S/C60H86N6/c1-59(2,3)43-28-30-52-47(34-43)48-35-44(60(4,5)6)29-31-53(48)66(52)55-36-54(65-50-26-15-13-24-45(50)46-25-14-16-27-51(46)65)42(37-61)33-49(55)58-63-56(39-20-11-8-12-21-39)62-57(64-58)41-23-17-22-40(32-41)38-18-9-7-10-19-38/h8-9,11,15,18-19,26,34,36,39-42,44-45,48-50,53-54,56-58,62-64H,7,10,12-14,16-17,20-25,27-33,35H2,1-6H3. The molecule has 0 spiro atoms. The smallest absolute Gasteiger partial charge is 0.0711 e. The Labute approximate surface area is 400 Å². The second-order valence-corrected chi connectivity index (χ2v) is 25.4. The molecule has 3 fully saturated rings. The SMILES string of the molecule is CC(C)(C)C1=CC2=C(CC1)N(C1=CC(N3C4=C(CCCC4)C4CCC=CC43)C(C#N)CC1C1NC(C3CC=CCC3)NC(C3CCCC(C4=CCCC=C4)C3)N1)C1CCC(C(C)(C)C)CC21. The molecule has 0 radical (unpaired) electrons. The Bertz CT molecular complexity index is 2140. The van der Waals surface area contributed by atoms with E-state index < -0.39 is 0 Å². The molecule has 11 aliphatic rings. The van der Waals surface area contributed by atoms with Crippen LogP contribution < -0.4 is 16.0 Å². The van der Waals surface area contributed by atoms with E-state index >= 15 is 0 Å². The number of nitrogens with zero attached hydrogens (tertiary/aromatic N) is 3. The summed E-state index contributed by atoms with van der Waals surface area (Å²) >= 11 is 0. The van der Waals surface area contributed by atoms with Crippen molar-refractivity contribution in [3.63, 3.8) is 0 Å². The molecule has 0 bridgehead atoms. The van der Waals surface area contributed by atoms with E-state index in [4.69, 9.17) is 0 Å². The Kier molecular flexibility index (Phi) is 12.6. The van der Waals surface area contributed by atoms with Gasteiger partial charge in [-0.15, -0.1) is 0 Å². The molecule has 0 aromatic rings. The molecular weight excluding hydrogens is 805 g/mol. The van der Waals surface area contributed by atoms with E-state index in [9.17, 15) is 5.26 Å². The van der Waals surface area contributed by atoms with Crippen LogP contribution in [0.2, 0.25) is 0 Å². The van der Waals surface area contributed by atoms with E-state index in [-0.39, 0.29) is 41.8 Å². The molecule has 3 N–H and O–H groups in total. The van der Waals surface area contributed by atoms with Gasteiger partial charge >= 0.3 is 0 Å². The Morgan fingerprint density at radius 3 is 2.26 bits per heavy atom. The van der Waals surface area contributed by atoms with Crippen LogP contribution in [0.15, 0.2) is 94.1 Å². The lowest BCUT2D eigenvalue weighted by Crippen LogP contribution is -2.73. The fourth-order valence-electron chi connectivity index (χ4n) is 16.0. The molecule has 2 saturated carbocycles. The molecule has 6 heteroatoms. The Morgan fingerprint density at radius 1 is 0.667 bits per heavy atom. The second kappa shape index (κ2) is 18.3. The lowest BCUT2D eigenvalue weighted by molar-refractivity contribution is 0.0521. The third-order valence-corrected chi connectivity index (χ3v) is 19.6. The molecule has 14 unspecified atom stereocenters. The molecule has 3 heterocycles. The lowest BCUT2D eigenvalue weighted by Gasteiger charge is -2.53. The summed E-state index contributed by atoms with van der Waals surface area (Å²) in [4.78, 5) is 5.90. The van der Waals surface area contributed by atoms with Crippen molar-refractivity contribution < 1.29 is 0 Å². The lowest BCUT2D eigenvalue weighted by atomic mass is 9.66. The zero-order chi connectivity index (χ0) is 45.3. The molecule has 0 aromatic heterocycles. The molecule has 1 saturated heterocycles. The minimum atomic E-state index is -0.0668. The summed E-state index contributed by atoms with van der Waals surface area (Å²) in [5.41, 5.74) is 12.0. The number of allylic oxidation sites excluding steroid dienone is 11. The highest BCUT2D eigenvalue weighted by Crippen LogP contribution is 2.57. The van der Waals surface area contributed by atoms with E-state index in [0.717, 1.165) is 31.6 Å². The number of hydrogen-bond acceptors (Lipinski definition) is 6. The monoisotopic (exact) mass is 891 g/mol. The average Bonchev–Trinajstić information content (AvgIpc) is 3.85. The molecule has 0 amide bonds. The molecule has 11 rings (SSSR count). The maximum absolute atomic E-state index is 11.6. The molecule has 14 atom stereocenters. The van der Waals surface area contributed by atoms with Crippen LogP contribution in [0, 0.1) is 69.5 Å². The molecule has 66 heavy (non-hydrogen) atoms. The van der Waals surface area contributed by atoms with Crippen molar-refractivity contribution in [2.24, 2.45) is 58.2 Å². The summed E-state index contributed by atoms with van der Waals surface area (Å²) in [5, 5.41) is 24.7. The summed E-state index contributed by atoms with van der Waals surface area (Å²) in [6.45, 7) is 14.8. The minimum Gasteiger partial charge on any atom is -0.360 e. The Morgan fingerprint density at radius 2 is 1.48 bits per heavy atom. The summed E-state index contributed by atoms with van der Waals surface area (Å²) in [6.07, 6.45) is 49.0. The first kappa shape index (κ1) is 45.3. The molecule has 8 aliphatic carbocycles. The van der Waals surface area contributed by atoms with Crippen molar-refractivity contribution in [2.75, 3.05) is 0 Å². The van der Waals surface area contributed by atoms with Crippen LogP contribution >= 0.6 is 0 Å². The van der Waals surface area contributed by atoms with Gasteiger partial charge in [-0.25, -0.2) is 0 Å². The fourth-order valence-corrected chi connectivity index (χ4v) is 16.0. The number of nitrogens with one attached hydrogen (secondary N) is 3. The summed E-state index contributed by atoms with van der Waals surface area (Å²) in [5.74, 6) is 3.83. The largest absolute Gasteiger partial charge is 0.360 e. The maximum atomic E-state index is 11.6. The van der Waals surface area contributed by atoms with E-state index in [1.807, 2.05) is 0 Å². The zero-order valence-electron chi connectivity index (χ0n) is 42.0. The summed E-state index contributed by atoms with van der Waals surface area (Å²) in [6, 6.07) is 4.05. The predicted molar refractivity (Wildman–Crippen MR) is 271 cm³/mol. The third kappa shape index (κ3) is 8.44. The van der Waals surface area contributed by atoms with Gasteiger partial charge in [-0.3, -0.25) is 16.0 Å². The highest BCUT2D eigenvalue weighted by molar-refractivity contribution is 5.46. The third-order valence-electron chi connectivity index (χ3n) is 19.6. The van der Waals surface area contributed by atoms with Gasteiger partial charge in [0.25, 0.3) is 0 Å². The number of rotatable bonds is 6. The zero-order valence-corrected chi connectivity index (χ0v) is 42.0. The molecule has 356 valence electrons. The highest BCUT2D eigenvalue weighted by atomic mass is 15.4. The van der Waals surface area contributed by atoms with Crippen LogP contribution in [0.5, 0.6) is 0 Å². The molecule has 3 aliphatic heterocycles. The first-order valence-corrected chi connectivity index (χ1v) is 27.8. The van der Waals surface area contributed by atoms with Crippen LogP contribution in [0.4, 0.5) is 0 Å². The average molecular weight is 891 g/mol. The van der Waals surface area contributed by atoms with Gasteiger partial charge in [0.2, 0.25) is 0 Å². The van der Waals surface area contributed by atoms with Crippen molar-refractivity contribution >= 4 is 0 Å². The Hall–Kier alpha value is -3.11. The van der Waals surface area contributed by atoms with Crippen LogP contribution in [0.1, 0.15) is 176 Å². The molecule has 6 nitrogen and oxygen atoms in total. The molecular formula is C60H86N6. The van der Waals surface area contributed by atoms with Gasteiger partial charge < -0.3 is 9.80 Å². The van der Waals surface area contributed by atoms with Gasteiger partial charge in [0.15, 0.2) is 0 Å². The normalized spacial score (nSPS) is 40.5. The predicted octanol–water partition coefficient (Wildman–Crippen LogP) is 13.2. The first-order chi connectivity index (χ1) is 31.9. The maximum Gasteiger partial charge on any atom is 0.0711 e. The minimum absolute atomic E-state index is 0.0668. The van der Waals surface area contributed by atoms with E-state index in [0.29, 0.717) is 47.1 Å². The second-order valence-electron chi connectivity index (χ2n) is 25.4. The van der Waals surface area contributed by atoms with Crippen molar-refractivity contribution in [3.05, 3.63) is 94.1 Å². The van der Waals surface area contributed by atoms with Gasteiger partial charge in [0.1, 0.15) is 0 Å². The van der Waals surface area contributed by atoms with Crippen molar-refractivity contribution in [1.29, 1.82) is 5.26 Å². The van der Waals surface area contributed by atoms with Gasteiger partial charge in [0, 0.05) is 40.9 Å². The van der Waals surface area contributed by atoms with Crippen LogP contribution in [0.25, 0.3) is 0 Å². The van der Waals surface area contributed by atoms with E-state index in [1.54, 1.807) is 39.4 Å². The Balaban J connectivity index is 1.02. The van der Waals surface area contributed by atoms with Crippen LogP contribution in [-0.4, -0.2) is 46.4 Å². The van der Waals surface area contributed by atoms with E-state index in [2.05, 4.69) is 128 Å². The number of fused-ring (bicyclic) bond motifs is 4. The number of nitriles is 1. The van der Waals surface area contributed by atoms with Crippen molar-refractivity contribution in [1.82, 2.24) is 25.8 Å². The van der Waals surface area contributed by atoms with Gasteiger partial charge in [0.05, 0.1) is 42.6 Å². The van der Waals surface area contributed by atoms with Crippen molar-refractivity contribution in [3.8, 4) is 6.07 Å². The van der Waals surface area contributed by atoms with Gasteiger partial charge in [-0.05, 0) is 186 Å². The summed E-state index contributed by atoms with van der Waals surface area (Å²) < 4.78 is 0. The fraction of sp³-hybridized carbons (Fsp3) is 0.717. The van der Waals surface area contributed by atoms with Crippen LogP contribution in [0.3, 0.4) is 0 Å². The van der Waals surface area contributed by atoms with E-state index in [1.165, 1.54) is 109 Å². The number of hydrogen-bond donors (Lipinski definition) is 3. The quantitative estimate of drug-likeness (QED) is 0.231. The van der Waals surface area contributed by atoms with Gasteiger partial charge in [-0.1, -0.05) is 102 Å². The van der Waals surface area contributed by atoms with Crippen molar-refractivity contribution in [2.45, 2.75) is 213 Å². The first-order valence-electron chi connectivity index (χ1n) is 27.8. The topological polar surface area (TPSA) is 66.4 Å². The van der Waals surface area contributed by atoms with Gasteiger partial charge in [-0.2, -0.15) is 5.26 Å². The molecule has 0 aromatic carbocycles. The highest BCUT2D eigenvalue weighted by Gasteiger charge is 2.54. The van der Waals surface area contributed by atoms with Crippen LogP contribution in [-0.2, 0) is 0 Å². The summed E-state index contributed by atoms with van der Waals surface area (Å²) in [7, 11) is 0.